The summed E-state index contributed by atoms with van der Waals surface area (Å²) in [6.45, 7) is 7.89. The van der Waals surface area contributed by atoms with E-state index in [4.69, 9.17) is 4.98 Å². The zero-order valence-corrected chi connectivity index (χ0v) is 13.1. The third-order valence-electron chi connectivity index (χ3n) is 4.16. The van der Waals surface area contributed by atoms with E-state index >= 15 is 0 Å². The molecule has 0 saturated carbocycles. The van der Waals surface area contributed by atoms with E-state index in [-0.39, 0.29) is 5.41 Å². The van der Waals surface area contributed by atoms with Crippen LogP contribution in [0.2, 0.25) is 0 Å². The first-order chi connectivity index (χ1) is 10.1. The van der Waals surface area contributed by atoms with Crippen LogP contribution in [0.3, 0.4) is 0 Å². The van der Waals surface area contributed by atoms with Crippen LogP contribution in [0.25, 0.3) is 11.5 Å². The fraction of sp³-hybridized carbons (Fsp3) is 0.529. The van der Waals surface area contributed by atoms with Gasteiger partial charge in [-0.25, -0.2) is 9.97 Å². The van der Waals surface area contributed by atoms with Crippen molar-refractivity contribution in [2.75, 3.05) is 6.54 Å². The molecule has 3 rings (SSSR count). The molecule has 0 fully saturated rings. The Morgan fingerprint density at radius 2 is 2.29 bits per heavy atom. The molecule has 1 aliphatic carbocycles. The van der Waals surface area contributed by atoms with Gasteiger partial charge >= 0.3 is 0 Å². The van der Waals surface area contributed by atoms with Crippen molar-refractivity contribution in [3.63, 3.8) is 0 Å². The summed E-state index contributed by atoms with van der Waals surface area (Å²) in [5.74, 6) is 0.797. The highest BCUT2D eigenvalue weighted by atomic mass is 15.0. The lowest BCUT2D eigenvalue weighted by Gasteiger charge is -2.36. The minimum absolute atomic E-state index is 0.278. The molecule has 2 aromatic rings. The molecule has 2 aromatic heterocycles. The van der Waals surface area contributed by atoms with Gasteiger partial charge in [-0.15, -0.1) is 0 Å². The van der Waals surface area contributed by atoms with Crippen molar-refractivity contribution < 1.29 is 0 Å². The maximum Gasteiger partial charge on any atom is 0.176 e. The zero-order valence-electron chi connectivity index (χ0n) is 13.1. The molecule has 0 aromatic carbocycles. The highest BCUT2D eigenvalue weighted by Crippen LogP contribution is 2.40. The van der Waals surface area contributed by atoms with Gasteiger partial charge in [0.25, 0.3) is 0 Å². The van der Waals surface area contributed by atoms with Crippen molar-refractivity contribution in [3.8, 4) is 11.5 Å². The van der Waals surface area contributed by atoms with Crippen molar-refractivity contribution >= 4 is 0 Å². The number of rotatable bonds is 4. The molecule has 4 nitrogen and oxygen atoms in total. The zero-order chi connectivity index (χ0) is 14.9. The lowest BCUT2D eigenvalue weighted by Crippen LogP contribution is -2.34. The van der Waals surface area contributed by atoms with E-state index < -0.39 is 0 Å². The van der Waals surface area contributed by atoms with E-state index in [1.54, 1.807) is 0 Å². The van der Waals surface area contributed by atoms with E-state index in [0.717, 1.165) is 37.3 Å². The number of nitrogens with one attached hydrogen (secondary N) is 2. The molecule has 0 spiro atoms. The molecule has 0 aliphatic heterocycles. The maximum atomic E-state index is 4.83. The second-order valence-corrected chi connectivity index (χ2v) is 6.73. The van der Waals surface area contributed by atoms with Crippen LogP contribution in [0.1, 0.15) is 50.9 Å². The molecule has 2 heterocycles. The Balaban J connectivity index is 1.96. The van der Waals surface area contributed by atoms with E-state index in [2.05, 4.69) is 36.1 Å². The first-order valence-electron chi connectivity index (χ1n) is 7.82. The number of aromatic amines is 1. The topological polar surface area (TPSA) is 53.6 Å². The predicted molar refractivity (Wildman–Crippen MR) is 85.0 cm³/mol. The van der Waals surface area contributed by atoms with Gasteiger partial charge in [-0.3, -0.25) is 0 Å². The smallest absolute Gasteiger partial charge is 0.176 e. The summed E-state index contributed by atoms with van der Waals surface area (Å²) in [4.78, 5) is 12.6. The second kappa shape index (κ2) is 5.60. The highest BCUT2D eigenvalue weighted by molar-refractivity contribution is 5.50. The number of aromatic nitrogens is 3. The third kappa shape index (κ3) is 3.00. The number of hydrogen-bond acceptors (Lipinski definition) is 3. The molecule has 2 N–H and O–H groups in total. The van der Waals surface area contributed by atoms with Gasteiger partial charge in [0.05, 0.1) is 5.69 Å². The van der Waals surface area contributed by atoms with E-state index in [1.807, 2.05) is 24.5 Å². The summed E-state index contributed by atoms with van der Waals surface area (Å²) in [6, 6.07) is 4.37. The monoisotopic (exact) mass is 284 g/mol. The molecule has 112 valence electrons. The first-order valence-corrected chi connectivity index (χ1v) is 7.82. The van der Waals surface area contributed by atoms with Gasteiger partial charge in [0, 0.05) is 29.7 Å². The molecule has 0 radical (unpaired) electrons. The van der Waals surface area contributed by atoms with Gasteiger partial charge in [0.15, 0.2) is 5.82 Å². The van der Waals surface area contributed by atoms with Crippen molar-refractivity contribution in [3.05, 3.63) is 35.8 Å². The number of H-pyrrole nitrogens is 1. The maximum absolute atomic E-state index is 4.83. The molecule has 1 atom stereocenters. The molecule has 1 aliphatic rings. The second-order valence-electron chi connectivity index (χ2n) is 6.73. The quantitative estimate of drug-likeness (QED) is 0.903. The van der Waals surface area contributed by atoms with Crippen molar-refractivity contribution in [1.82, 2.24) is 20.3 Å². The largest absolute Gasteiger partial charge is 0.359 e. The van der Waals surface area contributed by atoms with Crippen LogP contribution in [0, 0.1) is 5.41 Å². The van der Waals surface area contributed by atoms with Crippen LogP contribution in [-0.4, -0.2) is 21.5 Å². The molecule has 4 heteroatoms. The lowest BCUT2D eigenvalue weighted by atomic mass is 9.74. The average molecular weight is 284 g/mol. The Morgan fingerprint density at radius 1 is 1.43 bits per heavy atom. The van der Waals surface area contributed by atoms with Crippen LogP contribution < -0.4 is 5.32 Å². The standard InChI is InChI=1S/C17H24N4/c1-4-7-18-14-9-17(2,3)10-15-12(14)11-20-16(21-15)13-6-5-8-19-13/h5-6,8,11,14,18-19H,4,7,9-10H2,1-3H3. The van der Waals surface area contributed by atoms with Crippen molar-refractivity contribution in [2.45, 2.75) is 46.1 Å². The van der Waals surface area contributed by atoms with Crippen LogP contribution >= 0.6 is 0 Å². The minimum atomic E-state index is 0.278. The predicted octanol–water partition coefficient (Wildman–Crippen LogP) is 3.48. The number of hydrogen-bond donors (Lipinski definition) is 2. The van der Waals surface area contributed by atoms with Crippen LogP contribution in [0.4, 0.5) is 0 Å². The van der Waals surface area contributed by atoms with Gasteiger partial charge in [-0.2, -0.15) is 0 Å². The normalized spacial score (nSPS) is 20.2. The Morgan fingerprint density at radius 3 is 3.00 bits per heavy atom. The molecule has 0 amide bonds. The minimum Gasteiger partial charge on any atom is -0.359 e. The summed E-state index contributed by atoms with van der Waals surface area (Å²) in [5, 5.41) is 3.65. The molecule has 0 saturated heterocycles. The fourth-order valence-electron chi connectivity index (χ4n) is 3.15. The molecular formula is C17H24N4. The van der Waals surface area contributed by atoms with Gasteiger partial charge in [0.1, 0.15) is 0 Å². The van der Waals surface area contributed by atoms with E-state index in [1.165, 1.54) is 11.3 Å². The first kappa shape index (κ1) is 14.3. The molecule has 21 heavy (non-hydrogen) atoms. The van der Waals surface area contributed by atoms with Gasteiger partial charge in [0.2, 0.25) is 0 Å². The molecular weight excluding hydrogens is 260 g/mol. The van der Waals surface area contributed by atoms with E-state index in [9.17, 15) is 0 Å². The van der Waals surface area contributed by atoms with Gasteiger partial charge < -0.3 is 10.3 Å². The molecule has 1 unspecified atom stereocenters. The average Bonchev–Trinajstić information content (AvgIpc) is 2.97. The summed E-state index contributed by atoms with van der Waals surface area (Å²) < 4.78 is 0. The van der Waals surface area contributed by atoms with Gasteiger partial charge in [-0.05, 0) is 43.4 Å². The Kier molecular flexibility index (Phi) is 3.81. The lowest BCUT2D eigenvalue weighted by molar-refractivity contribution is 0.254. The van der Waals surface area contributed by atoms with Gasteiger partial charge in [-0.1, -0.05) is 20.8 Å². The van der Waals surface area contributed by atoms with E-state index in [0.29, 0.717) is 6.04 Å². The van der Waals surface area contributed by atoms with Crippen LogP contribution in [0.5, 0.6) is 0 Å². The number of nitrogens with zero attached hydrogens (tertiary/aromatic N) is 2. The third-order valence-corrected chi connectivity index (χ3v) is 4.16. The molecule has 0 bridgehead atoms. The summed E-state index contributed by atoms with van der Waals surface area (Å²) in [6.07, 6.45) is 7.23. The summed E-state index contributed by atoms with van der Waals surface area (Å²) in [5.41, 5.74) is 3.73. The summed E-state index contributed by atoms with van der Waals surface area (Å²) in [7, 11) is 0. The van der Waals surface area contributed by atoms with Crippen molar-refractivity contribution in [1.29, 1.82) is 0 Å². The Hall–Kier alpha value is -1.68. The Bertz CT molecular complexity index is 601. The van der Waals surface area contributed by atoms with Crippen molar-refractivity contribution in [2.24, 2.45) is 5.41 Å². The SMILES string of the molecule is CCCNC1CC(C)(C)Cc2nc(-c3ccc[nH]3)ncc21. The summed E-state index contributed by atoms with van der Waals surface area (Å²) >= 11 is 0. The van der Waals surface area contributed by atoms with Crippen LogP contribution in [0.15, 0.2) is 24.5 Å². The van der Waals surface area contributed by atoms with Crippen LogP contribution in [-0.2, 0) is 6.42 Å². The fourth-order valence-corrected chi connectivity index (χ4v) is 3.15. The highest BCUT2D eigenvalue weighted by Gasteiger charge is 2.33. The Labute approximate surface area is 126 Å². The number of fused-ring (bicyclic) bond motifs is 1.